The molecule has 7 heteroatoms. The Kier molecular flexibility index (Phi) is 4.72. The summed E-state index contributed by atoms with van der Waals surface area (Å²) in [5.74, 6) is -0.405. The summed E-state index contributed by atoms with van der Waals surface area (Å²) in [6.45, 7) is 0.396. The first-order valence-corrected chi connectivity index (χ1v) is 8.76. The van der Waals surface area contributed by atoms with Gasteiger partial charge in [-0.25, -0.2) is 13.8 Å². The summed E-state index contributed by atoms with van der Waals surface area (Å²) in [6, 6.07) is 15.3. The first-order chi connectivity index (χ1) is 13.6. The molecule has 0 atom stereocenters. The number of nitrogens with zero attached hydrogens (tertiary/aromatic N) is 5. The Balaban J connectivity index is 1.53. The van der Waals surface area contributed by atoms with Crippen LogP contribution in [0, 0.1) is 5.82 Å². The number of carbonyl (C=O) groups excluding carboxylic acids is 1. The molecule has 0 saturated heterocycles. The molecular weight excluding hydrogens is 357 g/mol. The smallest absolute Gasteiger partial charge is 0.256 e. The van der Waals surface area contributed by atoms with Crippen LogP contribution in [0.4, 0.5) is 4.39 Å². The summed E-state index contributed by atoms with van der Waals surface area (Å²) in [5, 5.41) is 8.52. The normalized spacial score (nSPS) is 10.8. The maximum Gasteiger partial charge on any atom is 0.256 e. The number of halogens is 1. The third kappa shape index (κ3) is 3.55. The second kappa shape index (κ2) is 7.48. The van der Waals surface area contributed by atoms with Crippen LogP contribution in [-0.4, -0.2) is 37.4 Å². The summed E-state index contributed by atoms with van der Waals surface area (Å²) in [4.78, 5) is 14.6. The van der Waals surface area contributed by atoms with Crippen molar-refractivity contribution in [2.24, 2.45) is 0 Å². The summed E-state index contributed by atoms with van der Waals surface area (Å²) in [6.07, 6.45) is 7.01. The fraction of sp³-hybridized carbons (Fsp3) is 0.0952. The van der Waals surface area contributed by atoms with Crippen LogP contribution >= 0.6 is 0 Å². The Hall–Kier alpha value is -3.74. The predicted octanol–water partition coefficient (Wildman–Crippen LogP) is 3.47. The van der Waals surface area contributed by atoms with Gasteiger partial charge in [0.05, 0.1) is 23.1 Å². The molecule has 2 heterocycles. The third-order valence-electron chi connectivity index (χ3n) is 4.38. The number of aromatic nitrogens is 4. The molecule has 0 unspecified atom stereocenters. The lowest BCUT2D eigenvalue weighted by molar-refractivity contribution is 0.0785. The van der Waals surface area contributed by atoms with Gasteiger partial charge in [-0.1, -0.05) is 12.1 Å². The third-order valence-corrected chi connectivity index (χ3v) is 4.38. The van der Waals surface area contributed by atoms with Crippen molar-refractivity contribution in [3.8, 4) is 11.4 Å². The van der Waals surface area contributed by atoms with Crippen LogP contribution in [0.1, 0.15) is 15.9 Å². The number of hydrogen-bond acceptors (Lipinski definition) is 3. The number of para-hydroxylation sites is 1. The molecule has 4 aromatic rings. The SMILES string of the molecule is CN(Cc1cnn(-c2ccc(F)cc2)c1)C(=O)c1ccccc1-n1cccn1. The van der Waals surface area contributed by atoms with Gasteiger partial charge in [-0.15, -0.1) is 0 Å². The number of hydrogen-bond donors (Lipinski definition) is 0. The van der Waals surface area contributed by atoms with E-state index in [9.17, 15) is 9.18 Å². The first kappa shape index (κ1) is 17.7. The zero-order valence-corrected chi connectivity index (χ0v) is 15.2. The number of carbonyl (C=O) groups is 1. The number of rotatable bonds is 5. The lowest BCUT2D eigenvalue weighted by atomic mass is 10.1. The highest BCUT2D eigenvalue weighted by Gasteiger charge is 2.17. The van der Waals surface area contributed by atoms with Crippen molar-refractivity contribution in [1.82, 2.24) is 24.5 Å². The lowest BCUT2D eigenvalue weighted by Crippen LogP contribution is -2.27. The molecule has 2 aromatic heterocycles. The van der Waals surface area contributed by atoms with Crippen molar-refractivity contribution in [3.05, 3.63) is 96.3 Å². The summed E-state index contributed by atoms with van der Waals surface area (Å²) in [5.41, 5.74) is 2.92. The fourth-order valence-electron chi connectivity index (χ4n) is 2.99. The molecule has 4 rings (SSSR count). The Labute approximate surface area is 161 Å². The molecule has 0 radical (unpaired) electrons. The van der Waals surface area contributed by atoms with Gasteiger partial charge in [0.1, 0.15) is 5.82 Å². The summed E-state index contributed by atoms with van der Waals surface area (Å²) < 4.78 is 16.4. The maximum absolute atomic E-state index is 13.1. The van der Waals surface area contributed by atoms with Gasteiger partial charge >= 0.3 is 0 Å². The minimum Gasteiger partial charge on any atom is -0.337 e. The van der Waals surface area contributed by atoms with Crippen molar-refractivity contribution in [1.29, 1.82) is 0 Å². The van der Waals surface area contributed by atoms with Crippen LogP contribution < -0.4 is 0 Å². The Morgan fingerprint density at radius 2 is 1.82 bits per heavy atom. The van der Waals surface area contributed by atoms with Gasteiger partial charge in [-0.3, -0.25) is 4.79 Å². The first-order valence-electron chi connectivity index (χ1n) is 8.76. The molecule has 28 heavy (non-hydrogen) atoms. The van der Waals surface area contributed by atoms with E-state index in [0.717, 1.165) is 16.9 Å². The Morgan fingerprint density at radius 1 is 1.04 bits per heavy atom. The quantitative estimate of drug-likeness (QED) is 0.537. The van der Waals surface area contributed by atoms with Crippen LogP contribution in [-0.2, 0) is 6.54 Å². The van der Waals surface area contributed by atoms with Crippen molar-refractivity contribution in [2.75, 3.05) is 7.05 Å². The van der Waals surface area contributed by atoms with E-state index in [1.54, 1.807) is 58.1 Å². The maximum atomic E-state index is 13.1. The van der Waals surface area contributed by atoms with Crippen molar-refractivity contribution < 1.29 is 9.18 Å². The van der Waals surface area contributed by atoms with Crippen molar-refractivity contribution >= 4 is 5.91 Å². The average Bonchev–Trinajstić information content (AvgIpc) is 3.40. The molecular formula is C21H18FN5O. The van der Waals surface area contributed by atoms with E-state index in [4.69, 9.17) is 0 Å². The van der Waals surface area contributed by atoms with Crippen molar-refractivity contribution in [2.45, 2.75) is 6.54 Å². The molecule has 6 nitrogen and oxygen atoms in total. The second-order valence-electron chi connectivity index (χ2n) is 6.40. The molecule has 0 aliphatic carbocycles. The number of benzene rings is 2. The minimum atomic E-state index is -0.294. The fourth-order valence-corrected chi connectivity index (χ4v) is 2.99. The molecule has 0 aliphatic heterocycles. The van der Waals surface area contributed by atoms with E-state index in [1.165, 1.54) is 12.1 Å². The van der Waals surface area contributed by atoms with Crippen molar-refractivity contribution in [3.63, 3.8) is 0 Å². The minimum absolute atomic E-state index is 0.111. The zero-order chi connectivity index (χ0) is 19.5. The monoisotopic (exact) mass is 375 g/mol. The summed E-state index contributed by atoms with van der Waals surface area (Å²) >= 11 is 0. The molecule has 140 valence electrons. The molecule has 0 fully saturated rings. The topological polar surface area (TPSA) is 56.0 Å². The Morgan fingerprint density at radius 3 is 2.57 bits per heavy atom. The van der Waals surface area contributed by atoms with Gasteiger partial charge in [0, 0.05) is 37.7 Å². The van der Waals surface area contributed by atoms with E-state index in [2.05, 4.69) is 10.2 Å². The van der Waals surface area contributed by atoms with Crippen LogP contribution in [0.25, 0.3) is 11.4 Å². The van der Waals surface area contributed by atoms with Gasteiger partial charge in [-0.2, -0.15) is 10.2 Å². The molecule has 0 N–H and O–H groups in total. The van der Waals surface area contributed by atoms with Crippen LogP contribution in [0.3, 0.4) is 0 Å². The van der Waals surface area contributed by atoms with E-state index in [0.29, 0.717) is 12.1 Å². The average molecular weight is 375 g/mol. The van der Waals surface area contributed by atoms with Gasteiger partial charge in [0.15, 0.2) is 0 Å². The van der Waals surface area contributed by atoms with E-state index in [-0.39, 0.29) is 11.7 Å². The highest BCUT2D eigenvalue weighted by Crippen LogP contribution is 2.17. The van der Waals surface area contributed by atoms with Gasteiger partial charge in [0.25, 0.3) is 5.91 Å². The standard InChI is InChI=1S/C21H18FN5O/c1-25(14-16-13-24-27(15-16)18-9-7-17(22)8-10-18)21(28)19-5-2-3-6-20(19)26-12-4-11-23-26/h2-13,15H,14H2,1H3. The van der Waals surface area contributed by atoms with E-state index >= 15 is 0 Å². The molecule has 1 amide bonds. The lowest BCUT2D eigenvalue weighted by Gasteiger charge is -2.18. The Bertz CT molecular complexity index is 1090. The zero-order valence-electron chi connectivity index (χ0n) is 15.2. The second-order valence-corrected chi connectivity index (χ2v) is 6.40. The molecule has 0 bridgehead atoms. The highest BCUT2D eigenvalue weighted by atomic mass is 19.1. The van der Waals surface area contributed by atoms with E-state index in [1.807, 2.05) is 30.5 Å². The molecule has 0 spiro atoms. The molecule has 0 aliphatic rings. The summed E-state index contributed by atoms with van der Waals surface area (Å²) in [7, 11) is 1.75. The molecule has 0 saturated carbocycles. The van der Waals surface area contributed by atoms with Gasteiger partial charge in [-0.05, 0) is 42.5 Å². The number of amides is 1. The van der Waals surface area contributed by atoms with Gasteiger partial charge < -0.3 is 4.90 Å². The molecule has 2 aromatic carbocycles. The van der Waals surface area contributed by atoms with Crippen LogP contribution in [0.5, 0.6) is 0 Å². The highest BCUT2D eigenvalue weighted by molar-refractivity contribution is 5.97. The van der Waals surface area contributed by atoms with Crippen LogP contribution in [0.15, 0.2) is 79.4 Å². The van der Waals surface area contributed by atoms with Gasteiger partial charge in [0.2, 0.25) is 0 Å². The largest absolute Gasteiger partial charge is 0.337 e. The van der Waals surface area contributed by atoms with E-state index < -0.39 is 0 Å². The van der Waals surface area contributed by atoms with Crippen LogP contribution in [0.2, 0.25) is 0 Å². The predicted molar refractivity (Wildman–Crippen MR) is 103 cm³/mol.